The second kappa shape index (κ2) is 8.77. The van der Waals surface area contributed by atoms with Gasteiger partial charge in [0.2, 0.25) is 5.91 Å². The van der Waals surface area contributed by atoms with Gasteiger partial charge in [0.25, 0.3) is 5.91 Å². The predicted octanol–water partition coefficient (Wildman–Crippen LogP) is 4.13. The molecule has 1 aromatic heterocycles. The molecule has 0 unspecified atom stereocenters. The molecular weight excluding hydrogens is 400 g/mol. The molecule has 6 nitrogen and oxygen atoms in total. The number of hydrogen-bond acceptors (Lipinski definition) is 3. The molecule has 3 aromatic rings. The quantitative estimate of drug-likeness (QED) is 0.679. The second-order valence-corrected chi connectivity index (χ2v) is 9.20. The number of H-pyrrole nitrogens is 1. The maximum atomic E-state index is 13.3. The predicted molar refractivity (Wildman–Crippen MR) is 124 cm³/mol. The molecule has 2 aromatic carbocycles. The normalized spacial score (nSPS) is 20.0. The van der Waals surface area contributed by atoms with Crippen molar-refractivity contribution < 1.29 is 9.59 Å². The van der Waals surface area contributed by atoms with Gasteiger partial charge < -0.3 is 14.8 Å². The zero-order chi connectivity index (χ0) is 22.1. The summed E-state index contributed by atoms with van der Waals surface area (Å²) in [4.78, 5) is 38.2. The molecule has 2 saturated heterocycles. The molecule has 1 N–H and O–H groups in total. The van der Waals surface area contributed by atoms with Crippen LogP contribution in [0.5, 0.6) is 0 Å². The molecule has 5 rings (SSSR count). The van der Waals surface area contributed by atoms with Crippen molar-refractivity contribution in [2.75, 3.05) is 26.2 Å². The molecular formula is C26H30N4O2. The first-order valence-electron chi connectivity index (χ1n) is 11.7. The van der Waals surface area contributed by atoms with Gasteiger partial charge in [0.15, 0.2) is 0 Å². The van der Waals surface area contributed by atoms with E-state index >= 15 is 0 Å². The van der Waals surface area contributed by atoms with Crippen LogP contribution in [0, 0.1) is 12.8 Å². The van der Waals surface area contributed by atoms with E-state index in [1.54, 1.807) is 0 Å². The molecule has 0 radical (unpaired) electrons. The third-order valence-electron chi connectivity index (χ3n) is 6.96. The summed E-state index contributed by atoms with van der Waals surface area (Å²) in [5.74, 6) is 1.53. The summed E-state index contributed by atoms with van der Waals surface area (Å²) >= 11 is 0. The minimum Gasteiger partial charge on any atom is -0.342 e. The lowest BCUT2D eigenvalue weighted by Crippen LogP contribution is -2.48. The first-order chi connectivity index (χ1) is 15.6. The first-order valence-corrected chi connectivity index (χ1v) is 11.7. The lowest BCUT2D eigenvalue weighted by Gasteiger charge is -2.37. The minimum atomic E-state index is -0.0964. The number of aromatic amines is 1. The number of piperidine rings is 2. The SMILES string of the molecule is Cc1ccc(C(=O)N2CCC[C@@H](C(=O)N3CCC(c4nc5ccccc5[nH]4)CC3)C2)cc1. The summed E-state index contributed by atoms with van der Waals surface area (Å²) in [5.41, 5.74) is 3.91. The number of imidazole rings is 1. The molecule has 166 valence electrons. The number of aryl methyl sites for hydroxylation is 1. The number of benzene rings is 2. The fourth-order valence-corrected chi connectivity index (χ4v) is 5.04. The Kier molecular flexibility index (Phi) is 5.68. The molecule has 0 spiro atoms. The lowest BCUT2D eigenvalue weighted by atomic mass is 9.92. The van der Waals surface area contributed by atoms with Gasteiger partial charge in [-0.1, -0.05) is 29.8 Å². The summed E-state index contributed by atoms with van der Waals surface area (Å²) in [6, 6.07) is 15.8. The number of nitrogens with zero attached hydrogens (tertiary/aromatic N) is 3. The maximum Gasteiger partial charge on any atom is 0.253 e. The van der Waals surface area contributed by atoms with Gasteiger partial charge in [-0.2, -0.15) is 0 Å². The second-order valence-electron chi connectivity index (χ2n) is 9.20. The van der Waals surface area contributed by atoms with Crippen molar-refractivity contribution in [3.05, 3.63) is 65.5 Å². The van der Waals surface area contributed by atoms with Crippen molar-refractivity contribution in [2.24, 2.45) is 5.92 Å². The Balaban J connectivity index is 1.19. The largest absolute Gasteiger partial charge is 0.342 e. The van der Waals surface area contributed by atoms with Gasteiger partial charge in [0, 0.05) is 37.7 Å². The fourth-order valence-electron chi connectivity index (χ4n) is 5.04. The molecule has 1 atom stereocenters. The van der Waals surface area contributed by atoms with Gasteiger partial charge in [0.05, 0.1) is 17.0 Å². The first kappa shape index (κ1) is 20.7. The highest BCUT2D eigenvalue weighted by atomic mass is 16.2. The Morgan fingerprint density at radius 3 is 2.44 bits per heavy atom. The van der Waals surface area contributed by atoms with E-state index in [2.05, 4.69) is 11.1 Å². The number of aromatic nitrogens is 2. The number of para-hydroxylation sites is 2. The molecule has 32 heavy (non-hydrogen) atoms. The highest BCUT2D eigenvalue weighted by Gasteiger charge is 2.33. The van der Waals surface area contributed by atoms with E-state index in [0.717, 1.165) is 67.7 Å². The number of rotatable bonds is 3. The van der Waals surface area contributed by atoms with Gasteiger partial charge in [-0.05, 0) is 56.9 Å². The van der Waals surface area contributed by atoms with Gasteiger partial charge in [-0.25, -0.2) is 4.98 Å². The standard InChI is InChI=1S/C26H30N4O2/c1-18-8-10-20(11-9-18)25(31)30-14-4-5-21(17-30)26(32)29-15-12-19(13-16-29)24-27-22-6-2-3-7-23(22)28-24/h2-3,6-11,19,21H,4-5,12-17H2,1H3,(H,27,28)/t21-/m1/s1. The third-order valence-corrected chi connectivity index (χ3v) is 6.96. The van der Waals surface area contributed by atoms with Crippen LogP contribution >= 0.6 is 0 Å². The molecule has 2 aliphatic rings. The monoisotopic (exact) mass is 430 g/mol. The number of fused-ring (bicyclic) bond motifs is 1. The van der Waals surface area contributed by atoms with E-state index in [0.29, 0.717) is 18.0 Å². The van der Waals surface area contributed by atoms with Gasteiger partial charge in [-0.3, -0.25) is 9.59 Å². The Labute approximate surface area is 188 Å². The van der Waals surface area contributed by atoms with Crippen molar-refractivity contribution >= 4 is 22.8 Å². The van der Waals surface area contributed by atoms with Crippen LogP contribution in [0.2, 0.25) is 0 Å². The zero-order valence-electron chi connectivity index (χ0n) is 18.6. The maximum absolute atomic E-state index is 13.3. The molecule has 0 aliphatic carbocycles. The number of amides is 2. The molecule has 6 heteroatoms. The molecule has 2 fully saturated rings. The molecule has 2 aliphatic heterocycles. The van der Waals surface area contributed by atoms with Crippen LogP contribution in [0.3, 0.4) is 0 Å². The topological polar surface area (TPSA) is 69.3 Å². The van der Waals surface area contributed by atoms with Crippen LogP contribution in [-0.4, -0.2) is 57.8 Å². The van der Waals surface area contributed by atoms with E-state index in [9.17, 15) is 9.59 Å². The summed E-state index contributed by atoms with van der Waals surface area (Å²) in [7, 11) is 0. The minimum absolute atomic E-state index is 0.0334. The van der Waals surface area contributed by atoms with E-state index in [-0.39, 0.29) is 17.7 Å². The van der Waals surface area contributed by atoms with E-state index in [1.807, 2.05) is 59.2 Å². The van der Waals surface area contributed by atoms with Crippen LogP contribution in [0.25, 0.3) is 11.0 Å². The van der Waals surface area contributed by atoms with E-state index in [4.69, 9.17) is 4.98 Å². The van der Waals surface area contributed by atoms with Crippen LogP contribution < -0.4 is 0 Å². The third kappa shape index (κ3) is 4.14. The summed E-state index contributed by atoms with van der Waals surface area (Å²) in [5, 5.41) is 0. The van der Waals surface area contributed by atoms with E-state index in [1.165, 1.54) is 0 Å². The Hall–Kier alpha value is -3.15. The molecule has 0 bridgehead atoms. The van der Waals surface area contributed by atoms with Crippen LogP contribution in [0.15, 0.2) is 48.5 Å². The zero-order valence-corrected chi connectivity index (χ0v) is 18.6. The van der Waals surface area contributed by atoms with E-state index < -0.39 is 0 Å². The van der Waals surface area contributed by atoms with Crippen LogP contribution in [0.1, 0.15) is 53.3 Å². The van der Waals surface area contributed by atoms with Gasteiger partial charge in [0.1, 0.15) is 5.82 Å². The number of likely N-dealkylation sites (tertiary alicyclic amines) is 2. The Morgan fingerprint density at radius 2 is 1.69 bits per heavy atom. The van der Waals surface area contributed by atoms with Gasteiger partial charge in [-0.15, -0.1) is 0 Å². The lowest BCUT2D eigenvalue weighted by molar-refractivity contribution is -0.138. The highest BCUT2D eigenvalue weighted by Crippen LogP contribution is 2.29. The smallest absolute Gasteiger partial charge is 0.253 e. The Bertz CT molecular complexity index is 1080. The summed E-state index contributed by atoms with van der Waals surface area (Å²) in [6.07, 6.45) is 3.58. The molecule has 0 saturated carbocycles. The average Bonchev–Trinajstić information content (AvgIpc) is 3.28. The summed E-state index contributed by atoms with van der Waals surface area (Å²) in [6.45, 7) is 4.77. The van der Waals surface area contributed by atoms with Crippen LogP contribution in [-0.2, 0) is 4.79 Å². The van der Waals surface area contributed by atoms with Crippen molar-refractivity contribution in [2.45, 2.75) is 38.5 Å². The Morgan fingerprint density at radius 1 is 0.938 bits per heavy atom. The van der Waals surface area contributed by atoms with Crippen molar-refractivity contribution in [1.82, 2.24) is 19.8 Å². The average molecular weight is 431 g/mol. The van der Waals surface area contributed by atoms with Gasteiger partial charge >= 0.3 is 0 Å². The number of hydrogen-bond donors (Lipinski definition) is 1. The van der Waals surface area contributed by atoms with Crippen molar-refractivity contribution in [3.63, 3.8) is 0 Å². The number of nitrogens with one attached hydrogen (secondary N) is 1. The number of carbonyl (C=O) groups excluding carboxylic acids is 2. The number of carbonyl (C=O) groups is 2. The molecule has 3 heterocycles. The fraction of sp³-hybridized carbons (Fsp3) is 0.423. The highest BCUT2D eigenvalue weighted by molar-refractivity contribution is 5.94. The van der Waals surface area contributed by atoms with Crippen molar-refractivity contribution in [3.8, 4) is 0 Å². The van der Waals surface area contributed by atoms with Crippen molar-refractivity contribution in [1.29, 1.82) is 0 Å². The molecule has 2 amide bonds. The summed E-state index contributed by atoms with van der Waals surface area (Å²) < 4.78 is 0. The van der Waals surface area contributed by atoms with Crippen LogP contribution in [0.4, 0.5) is 0 Å².